The number of hydrogen-bond acceptors (Lipinski definition) is 1. The molecule has 0 amide bonds. The zero-order valence-corrected chi connectivity index (χ0v) is 9.61. The van der Waals surface area contributed by atoms with Gasteiger partial charge in [-0.2, -0.15) is 0 Å². The van der Waals surface area contributed by atoms with Crippen molar-refractivity contribution >= 4 is 27.9 Å². The Morgan fingerprint density at radius 1 is 1.25 bits per heavy atom. The Kier molecular flexibility index (Phi) is 2.41. The van der Waals surface area contributed by atoms with Gasteiger partial charge in [0.1, 0.15) is 0 Å². The molecule has 1 heterocycles. The lowest BCUT2D eigenvalue weighted by molar-refractivity contribution is 0.942. The van der Waals surface area contributed by atoms with Gasteiger partial charge in [0, 0.05) is 17.8 Å². The van der Waals surface area contributed by atoms with Crippen LogP contribution in [0.2, 0.25) is 0 Å². The first-order valence-electron chi connectivity index (χ1n) is 5.52. The Balaban J connectivity index is 2.20. The van der Waals surface area contributed by atoms with Gasteiger partial charge >= 0.3 is 0 Å². The van der Waals surface area contributed by atoms with Crippen LogP contribution in [-0.2, 0) is 0 Å². The van der Waals surface area contributed by atoms with Crippen molar-refractivity contribution < 1.29 is 0 Å². The van der Waals surface area contributed by atoms with Crippen molar-refractivity contribution in [3.05, 3.63) is 48.3 Å². The van der Waals surface area contributed by atoms with Crippen LogP contribution in [0.4, 0.5) is 0 Å². The first-order chi connectivity index (χ1) is 7.84. The van der Waals surface area contributed by atoms with Gasteiger partial charge in [-0.25, -0.2) is 0 Å². The van der Waals surface area contributed by atoms with Gasteiger partial charge < -0.3 is 0 Å². The van der Waals surface area contributed by atoms with Gasteiger partial charge in [0.2, 0.25) is 0 Å². The molecule has 1 aromatic heterocycles. The van der Waals surface area contributed by atoms with Crippen molar-refractivity contribution in [2.75, 3.05) is 0 Å². The molecule has 1 nitrogen and oxygen atoms in total. The fourth-order valence-corrected chi connectivity index (χ4v) is 2.56. The summed E-state index contributed by atoms with van der Waals surface area (Å²) in [6.07, 6.45) is 8.06. The predicted molar refractivity (Wildman–Crippen MR) is 68.6 cm³/mol. The predicted octanol–water partition coefficient (Wildman–Crippen LogP) is 4.02. The Labute approximate surface area is 99.8 Å². The van der Waals surface area contributed by atoms with Crippen LogP contribution in [-0.4, -0.2) is 10.4 Å². The summed E-state index contributed by atoms with van der Waals surface area (Å²) in [5, 5.41) is 2.66. The number of halogens is 1. The lowest BCUT2D eigenvalue weighted by Crippen LogP contribution is -1.84. The average molecular weight is 230 g/mol. The zero-order valence-electron chi connectivity index (χ0n) is 8.86. The third-order valence-electron chi connectivity index (χ3n) is 3.10. The highest BCUT2D eigenvalue weighted by atomic mass is 35.5. The smallest absolute Gasteiger partial charge is 0.0525 e. The van der Waals surface area contributed by atoms with Gasteiger partial charge in [-0.05, 0) is 35.4 Å². The van der Waals surface area contributed by atoms with E-state index in [2.05, 4.69) is 29.3 Å². The molecule has 0 radical (unpaired) electrons. The van der Waals surface area contributed by atoms with Crippen LogP contribution in [0.5, 0.6) is 0 Å². The molecule has 0 fully saturated rings. The lowest BCUT2D eigenvalue weighted by Gasteiger charge is -2.06. The van der Waals surface area contributed by atoms with E-state index >= 15 is 0 Å². The van der Waals surface area contributed by atoms with Gasteiger partial charge in [0.05, 0.1) is 5.38 Å². The van der Waals surface area contributed by atoms with Crippen LogP contribution >= 0.6 is 11.6 Å². The topological polar surface area (TPSA) is 12.9 Å². The van der Waals surface area contributed by atoms with E-state index in [1.165, 1.54) is 21.9 Å². The average Bonchev–Trinajstić information content (AvgIpc) is 2.75. The molecule has 1 aromatic carbocycles. The lowest BCUT2D eigenvalue weighted by atomic mass is 9.99. The van der Waals surface area contributed by atoms with Crippen molar-refractivity contribution in [3.8, 4) is 0 Å². The second-order valence-electron chi connectivity index (χ2n) is 4.15. The number of rotatable bonds is 1. The minimum atomic E-state index is 0.196. The maximum absolute atomic E-state index is 6.12. The second-order valence-corrected chi connectivity index (χ2v) is 4.71. The highest BCUT2D eigenvalue weighted by Crippen LogP contribution is 2.34. The summed E-state index contributed by atoms with van der Waals surface area (Å²) < 4.78 is 0. The van der Waals surface area contributed by atoms with E-state index in [0.29, 0.717) is 0 Å². The first kappa shape index (κ1) is 9.86. The summed E-state index contributed by atoms with van der Waals surface area (Å²) in [4.78, 5) is 4.20. The van der Waals surface area contributed by atoms with Gasteiger partial charge in [0.15, 0.2) is 0 Å². The van der Waals surface area contributed by atoms with E-state index in [1.54, 1.807) is 0 Å². The van der Waals surface area contributed by atoms with E-state index in [0.717, 1.165) is 12.8 Å². The van der Waals surface area contributed by atoms with Crippen molar-refractivity contribution in [1.29, 1.82) is 0 Å². The summed E-state index contributed by atoms with van der Waals surface area (Å²) in [6, 6.07) is 8.42. The Morgan fingerprint density at radius 2 is 2.19 bits per heavy atom. The van der Waals surface area contributed by atoms with Crippen LogP contribution in [0.3, 0.4) is 0 Å². The molecule has 1 aliphatic rings. The maximum Gasteiger partial charge on any atom is 0.0525 e. The molecule has 1 atom stereocenters. The van der Waals surface area contributed by atoms with Crippen LogP contribution < -0.4 is 0 Å². The van der Waals surface area contributed by atoms with E-state index in [-0.39, 0.29) is 5.38 Å². The number of hydrogen-bond donors (Lipinski definition) is 0. The van der Waals surface area contributed by atoms with Crippen molar-refractivity contribution in [2.24, 2.45) is 0 Å². The molecule has 0 N–H and O–H groups in total. The van der Waals surface area contributed by atoms with Crippen LogP contribution in [0, 0.1) is 0 Å². The Bertz CT molecular complexity index is 554. The van der Waals surface area contributed by atoms with E-state index in [1.807, 2.05) is 18.5 Å². The quantitative estimate of drug-likeness (QED) is 0.673. The van der Waals surface area contributed by atoms with E-state index in [4.69, 9.17) is 11.6 Å². The van der Waals surface area contributed by atoms with Gasteiger partial charge in [-0.3, -0.25) is 4.98 Å². The summed E-state index contributed by atoms with van der Waals surface area (Å²) in [5.41, 5.74) is 2.65. The molecule has 1 aliphatic carbocycles. The molecule has 16 heavy (non-hydrogen) atoms. The van der Waals surface area contributed by atoms with Crippen LogP contribution in [0.25, 0.3) is 16.3 Å². The van der Waals surface area contributed by atoms with Crippen molar-refractivity contribution in [2.45, 2.75) is 18.2 Å². The largest absolute Gasteiger partial charge is 0.264 e. The first-order valence-corrected chi connectivity index (χ1v) is 5.96. The number of nitrogens with zero attached hydrogens (tertiary/aromatic N) is 1. The maximum atomic E-state index is 6.12. The summed E-state index contributed by atoms with van der Waals surface area (Å²) >= 11 is 6.12. The summed E-state index contributed by atoms with van der Waals surface area (Å²) in [5.74, 6) is 0. The molecule has 0 saturated heterocycles. The molecule has 0 bridgehead atoms. The summed E-state index contributed by atoms with van der Waals surface area (Å²) in [6.45, 7) is 0. The van der Waals surface area contributed by atoms with E-state index < -0.39 is 0 Å². The second kappa shape index (κ2) is 3.91. The third kappa shape index (κ3) is 1.61. The molecular formula is C14H12ClN. The van der Waals surface area contributed by atoms with Crippen LogP contribution in [0.15, 0.2) is 42.7 Å². The number of allylic oxidation sites excluding steroid dienone is 2. The molecule has 2 heteroatoms. The standard InChI is InChI=1S/C14H12ClN/c15-12-5-4-11(8-12)13-3-1-2-10-6-7-16-9-14(10)13/h1-3,6-9,12H,4-5H2. The van der Waals surface area contributed by atoms with Crippen molar-refractivity contribution in [3.63, 3.8) is 0 Å². The SMILES string of the molecule is ClC1C=C(c2cccc3ccncc23)CC1. The molecule has 0 aliphatic heterocycles. The molecule has 80 valence electrons. The molecule has 0 saturated carbocycles. The highest BCUT2D eigenvalue weighted by molar-refractivity contribution is 6.22. The highest BCUT2D eigenvalue weighted by Gasteiger charge is 2.15. The number of alkyl halides is 1. The molecule has 0 spiro atoms. The minimum absolute atomic E-state index is 0.196. The van der Waals surface area contributed by atoms with Crippen LogP contribution in [0.1, 0.15) is 18.4 Å². The Hall–Kier alpha value is -1.34. The fourth-order valence-electron chi connectivity index (χ4n) is 2.30. The number of fused-ring (bicyclic) bond motifs is 1. The number of benzene rings is 1. The normalized spacial score (nSPS) is 20.1. The number of aromatic nitrogens is 1. The minimum Gasteiger partial charge on any atom is -0.264 e. The molecule has 3 rings (SSSR count). The summed E-state index contributed by atoms with van der Waals surface area (Å²) in [7, 11) is 0. The van der Waals surface area contributed by atoms with E-state index in [9.17, 15) is 0 Å². The molecule has 1 unspecified atom stereocenters. The van der Waals surface area contributed by atoms with Gasteiger partial charge in [-0.1, -0.05) is 24.3 Å². The third-order valence-corrected chi connectivity index (χ3v) is 3.45. The monoisotopic (exact) mass is 229 g/mol. The van der Waals surface area contributed by atoms with Gasteiger partial charge in [0.25, 0.3) is 0 Å². The molecule has 2 aromatic rings. The van der Waals surface area contributed by atoms with Crippen molar-refractivity contribution in [1.82, 2.24) is 4.98 Å². The van der Waals surface area contributed by atoms with Gasteiger partial charge in [-0.15, -0.1) is 11.6 Å². The fraction of sp³-hybridized carbons (Fsp3) is 0.214. The Morgan fingerprint density at radius 3 is 3.00 bits per heavy atom. The number of pyridine rings is 1. The zero-order chi connectivity index (χ0) is 11.0. The molecular weight excluding hydrogens is 218 g/mol.